The number of hydrogen-bond acceptors (Lipinski definition) is 5. The van der Waals surface area contributed by atoms with Crippen LogP contribution in [0, 0.1) is 12.8 Å². The highest BCUT2D eigenvalue weighted by molar-refractivity contribution is 7.89. The Morgan fingerprint density at radius 2 is 1.94 bits per heavy atom. The van der Waals surface area contributed by atoms with Crippen molar-refractivity contribution < 1.29 is 17.9 Å². The van der Waals surface area contributed by atoms with Gasteiger partial charge in [-0.1, -0.05) is 17.4 Å². The molecule has 0 aliphatic carbocycles. The van der Waals surface area contributed by atoms with Crippen molar-refractivity contribution in [1.82, 2.24) is 8.87 Å². The summed E-state index contributed by atoms with van der Waals surface area (Å²) in [6.07, 6.45) is 1.25. The van der Waals surface area contributed by atoms with Crippen LogP contribution in [-0.2, 0) is 21.9 Å². The maximum Gasteiger partial charge on any atom is 0.252 e. The summed E-state index contributed by atoms with van der Waals surface area (Å²) in [5.74, 6) is -0.127. The van der Waals surface area contributed by atoms with Gasteiger partial charge in [-0.05, 0) is 61.7 Å². The summed E-state index contributed by atoms with van der Waals surface area (Å²) < 4.78 is 35.6. The second-order valence-electron chi connectivity index (χ2n) is 7.74. The third kappa shape index (κ3) is 4.30. The van der Waals surface area contributed by atoms with Crippen LogP contribution in [0.2, 0.25) is 0 Å². The number of thiazole rings is 1. The molecule has 9 heteroatoms. The third-order valence-corrected chi connectivity index (χ3v) is 8.58. The quantitative estimate of drug-likeness (QED) is 0.601. The largest absolute Gasteiger partial charge is 0.497 e. The number of sulfonamides is 1. The number of benzene rings is 2. The first-order valence-corrected chi connectivity index (χ1v) is 12.3. The Morgan fingerprint density at radius 1 is 1.19 bits per heavy atom. The Morgan fingerprint density at radius 3 is 2.65 bits per heavy atom. The van der Waals surface area contributed by atoms with Crippen molar-refractivity contribution in [3.63, 3.8) is 0 Å². The van der Waals surface area contributed by atoms with Gasteiger partial charge >= 0.3 is 0 Å². The molecule has 2 heterocycles. The van der Waals surface area contributed by atoms with Crippen LogP contribution in [0.5, 0.6) is 5.75 Å². The monoisotopic (exact) mass is 459 g/mol. The van der Waals surface area contributed by atoms with Crippen molar-refractivity contribution in [1.29, 1.82) is 0 Å². The normalized spacial score (nSPS) is 18.4. The Labute approximate surface area is 185 Å². The van der Waals surface area contributed by atoms with E-state index in [1.165, 1.54) is 34.9 Å². The molecule has 0 spiro atoms. The van der Waals surface area contributed by atoms with E-state index < -0.39 is 15.9 Å². The van der Waals surface area contributed by atoms with Gasteiger partial charge in [0.25, 0.3) is 5.91 Å². The Hall–Kier alpha value is -2.49. The molecule has 1 fully saturated rings. The average Bonchev–Trinajstić information content (AvgIpc) is 3.08. The number of carbonyl (C=O) groups excluding carboxylic acids is 1. The lowest BCUT2D eigenvalue weighted by atomic mass is 9.99. The van der Waals surface area contributed by atoms with Crippen molar-refractivity contribution in [2.45, 2.75) is 24.7 Å². The summed E-state index contributed by atoms with van der Waals surface area (Å²) in [4.78, 5) is 18.1. The average molecular weight is 460 g/mol. The molecule has 2 aromatic carbocycles. The molecule has 1 aromatic heterocycles. The van der Waals surface area contributed by atoms with Crippen molar-refractivity contribution in [3.8, 4) is 5.75 Å². The van der Waals surface area contributed by atoms with Crippen LogP contribution in [0.4, 0.5) is 0 Å². The van der Waals surface area contributed by atoms with Gasteiger partial charge in [-0.25, -0.2) is 8.42 Å². The lowest BCUT2D eigenvalue weighted by molar-refractivity contribution is -0.122. The molecule has 1 aliphatic heterocycles. The molecule has 7 nitrogen and oxygen atoms in total. The maximum absolute atomic E-state index is 13.1. The van der Waals surface area contributed by atoms with Gasteiger partial charge in [0, 0.05) is 20.1 Å². The Bertz CT molecular complexity index is 1290. The number of methoxy groups -OCH3 is 1. The maximum atomic E-state index is 13.1. The van der Waals surface area contributed by atoms with Gasteiger partial charge in [0.2, 0.25) is 10.0 Å². The van der Waals surface area contributed by atoms with Crippen molar-refractivity contribution in [2.24, 2.45) is 18.0 Å². The molecule has 0 bridgehead atoms. The van der Waals surface area contributed by atoms with Crippen LogP contribution >= 0.6 is 11.3 Å². The smallest absolute Gasteiger partial charge is 0.252 e. The molecule has 3 aromatic rings. The van der Waals surface area contributed by atoms with Crippen molar-refractivity contribution >= 4 is 37.5 Å². The number of amides is 1. The first kappa shape index (κ1) is 21.7. The molecule has 1 amide bonds. The third-order valence-electron chi connectivity index (χ3n) is 5.60. The number of aryl methyl sites for hydroxylation is 2. The summed E-state index contributed by atoms with van der Waals surface area (Å²) in [7, 11) is -0.255. The fourth-order valence-electron chi connectivity index (χ4n) is 3.79. The predicted molar refractivity (Wildman–Crippen MR) is 121 cm³/mol. The van der Waals surface area contributed by atoms with Gasteiger partial charge in [0.15, 0.2) is 4.80 Å². The molecule has 0 saturated carbocycles. The Kier molecular flexibility index (Phi) is 6.00. The fraction of sp³-hybridized carbons (Fsp3) is 0.364. The zero-order valence-corrected chi connectivity index (χ0v) is 19.4. The highest BCUT2D eigenvalue weighted by Gasteiger charge is 2.33. The van der Waals surface area contributed by atoms with E-state index in [4.69, 9.17) is 4.74 Å². The molecule has 0 N–H and O–H groups in total. The molecule has 1 unspecified atom stereocenters. The number of carbonyl (C=O) groups is 1. The number of aromatic nitrogens is 1. The number of nitrogens with zero attached hydrogens (tertiary/aromatic N) is 3. The van der Waals surface area contributed by atoms with E-state index in [2.05, 4.69) is 11.1 Å². The van der Waals surface area contributed by atoms with Gasteiger partial charge < -0.3 is 9.30 Å². The van der Waals surface area contributed by atoms with Gasteiger partial charge in [0.1, 0.15) is 5.75 Å². The minimum absolute atomic E-state index is 0.143. The van der Waals surface area contributed by atoms with E-state index in [9.17, 15) is 13.2 Å². The number of ether oxygens (including phenoxy) is 1. The summed E-state index contributed by atoms with van der Waals surface area (Å²) >= 11 is 1.47. The van der Waals surface area contributed by atoms with Gasteiger partial charge in [-0.3, -0.25) is 4.79 Å². The summed E-state index contributed by atoms with van der Waals surface area (Å²) in [5, 5.41) is 0. The second kappa shape index (κ2) is 8.57. The van der Waals surface area contributed by atoms with E-state index in [0.29, 0.717) is 29.9 Å². The van der Waals surface area contributed by atoms with Crippen molar-refractivity contribution in [3.05, 3.63) is 52.8 Å². The van der Waals surface area contributed by atoms with E-state index in [0.717, 1.165) is 15.8 Å². The minimum atomic E-state index is -3.68. The number of rotatable bonds is 4. The highest BCUT2D eigenvalue weighted by atomic mass is 32.2. The lowest BCUT2D eigenvalue weighted by Crippen LogP contribution is -2.42. The van der Waals surface area contributed by atoms with E-state index >= 15 is 0 Å². The SMILES string of the molecule is COc1ccc(S(=O)(=O)N2CCCC(C(=O)N=c3sc4cc(C)ccc4n3C)C2)cc1. The van der Waals surface area contributed by atoms with Crippen LogP contribution < -0.4 is 9.54 Å². The zero-order chi connectivity index (χ0) is 22.2. The summed E-state index contributed by atoms with van der Waals surface area (Å²) in [6.45, 7) is 2.57. The Balaban J connectivity index is 1.57. The molecular weight excluding hydrogens is 434 g/mol. The number of fused-ring (bicyclic) bond motifs is 1. The molecule has 164 valence electrons. The zero-order valence-electron chi connectivity index (χ0n) is 17.7. The molecule has 4 rings (SSSR count). The van der Waals surface area contributed by atoms with Crippen LogP contribution in [0.3, 0.4) is 0 Å². The predicted octanol–water partition coefficient (Wildman–Crippen LogP) is 3.09. The molecule has 31 heavy (non-hydrogen) atoms. The second-order valence-corrected chi connectivity index (χ2v) is 10.7. The number of hydrogen-bond donors (Lipinski definition) is 0. The van der Waals surface area contributed by atoms with Crippen LogP contribution in [-0.4, -0.2) is 43.4 Å². The van der Waals surface area contributed by atoms with Gasteiger partial charge in [-0.2, -0.15) is 9.30 Å². The molecule has 1 saturated heterocycles. The summed E-state index contributed by atoms with van der Waals surface area (Å²) in [5.41, 5.74) is 2.17. The van der Waals surface area contributed by atoms with Gasteiger partial charge in [0.05, 0.1) is 28.1 Å². The minimum Gasteiger partial charge on any atom is -0.497 e. The van der Waals surface area contributed by atoms with E-state index in [1.54, 1.807) is 12.1 Å². The molecular formula is C22H25N3O4S2. The molecule has 1 atom stereocenters. The van der Waals surface area contributed by atoms with E-state index in [-0.39, 0.29) is 17.3 Å². The fourth-order valence-corrected chi connectivity index (χ4v) is 6.44. The standard InChI is InChI=1S/C22H25N3O4S2/c1-15-6-11-19-20(13-15)30-22(24(19)2)23-21(26)16-5-4-12-25(14-16)31(27,28)18-9-7-17(29-3)8-10-18/h6-11,13,16H,4-5,12,14H2,1-3H3. The first-order chi connectivity index (χ1) is 14.8. The highest BCUT2D eigenvalue weighted by Crippen LogP contribution is 2.26. The molecule has 1 aliphatic rings. The van der Waals surface area contributed by atoms with E-state index in [1.807, 2.05) is 30.7 Å². The topological polar surface area (TPSA) is 81.0 Å². The van der Waals surface area contributed by atoms with Gasteiger partial charge in [-0.15, -0.1) is 0 Å². The summed E-state index contributed by atoms with van der Waals surface area (Å²) in [6, 6.07) is 12.4. The number of piperidine rings is 1. The molecule has 0 radical (unpaired) electrons. The van der Waals surface area contributed by atoms with Crippen LogP contribution in [0.15, 0.2) is 52.4 Å². The van der Waals surface area contributed by atoms with Crippen molar-refractivity contribution in [2.75, 3.05) is 20.2 Å². The van der Waals surface area contributed by atoms with Crippen LogP contribution in [0.1, 0.15) is 18.4 Å². The van der Waals surface area contributed by atoms with Crippen LogP contribution in [0.25, 0.3) is 10.2 Å². The first-order valence-electron chi connectivity index (χ1n) is 10.1. The lowest BCUT2D eigenvalue weighted by Gasteiger charge is -2.30.